The SMILES string of the molecule is COc1ccc(NC(N)=NCC(C)(C)c2cccc(OC)c2)cc1. The van der Waals surface area contributed by atoms with Gasteiger partial charge in [0.1, 0.15) is 11.5 Å². The fourth-order valence-corrected chi connectivity index (χ4v) is 2.28. The summed E-state index contributed by atoms with van der Waals surface area (Å²) in [6, 6.07) is 15.6. The van der Waals surface area contributed by atoms with Gasteiger partial charge in [0, 0.05) is 11.1 Å². The Bertz CT molecular complexity index is 694. The third-order valence-electron chi connectivity index (χ3n) is 3.86. The first-order chi connectivity index (χ1) is 11.4. The molecule has 3 N–H and O–H groups in total. The summed E-state index contributed by atoms with van der Waals surface area (Å²) in [6.45, 7) is 4.83. The molecule has 0 aliphatic rings. The monoisotopic (exact) mass is 327 g/mol. The van der Waals surface area contributed by atoms with Crippen molar-refractivity contribution < 1.29 is 9.47 Å². The summed E-state index contributed by atoms with van der Waals surface area (Å²) in [5, 5.41) is 3.09. The predicted octanol–water partition coefficient (Wildman–Crippen LogP) is 3.41. The Morgan fingerprint density at radius 3 is 2.33 bits per heavy atom. The molecule has 128 valence electrons. The molecule has 0 saturated heterocycles. The molecule has 0 aliphatic heterocycles. The number of nitrogens with two attached hydrogens (primary N) is 1. The molecule has 0 heterocycles. The Morgan fingerprint density at radius 1 is 1.04 bits per heavy atom. The normalized spacial score (nSPS) is 11.9. The number of hydrogen-bond acceptors (Lipinski definition) is 3. The Labute approximate surface area is 143 Å². The fourth-order valence-electron chi connectivity index (χ4n) is 2.28. The maximum atomic E-state index is 6.00. The van der Waals surface area contributed by atoms with E-state index >= 15 is 0 Å². The second-order valence-electron chi connectivity index (χ2n) is 6.17. The van der Waals surface area contributed by atoms with Crippen LogP contribution in [0, 0.1) is 0 Å². The van der Waals surface area contributed by atoms with Gasteiger partial charge in [-0.05, 0) is 42.0 Å². The maximum absolute atomic E-state index is 6.00. The highest BCUT2D eigenvalue weighted by atomic mass is 16.5. The highest BCUT2D eigenvalue weighted by Gasteiger charge is 2.20. The molecule has 0 amide bonds. The molecule has 0 atom stereocenters. The first-order valence-electron chi connectivity index (χ1n) is 7.80. The summed E-state index contributed by atoms with van der Waals surface area (Å²) in [5.41, 5.74) is 7.88. The van der Waals surface area contributed by atoms with Crippen LogP contribution in [-0.2, 0) is 5.41 Å². The second kappa shape index (κ2) is 7.73. The van der Waals surface area contributed by atoms with E-state index in [1.165, 1.54) is 0 Å². The Morgan fingerprint density at radius 2 is 1.71 bits per heavy atom. The summed E-state index contributed by atoms with van der Waals surface area (Å²) in [5.74, 6) is 2.03. The lowest BCUT2D eigenvalue weighted by Crippen LogP contribution is -2.27. The van der Waals surface area contributed by atoms with Gasteiger partial charge in [-0.3, -0.25) is 4.99 Å². The van der Waals surface area contributed by atoms with Crippen LogP contribution in [-0.4, -0.2) is 26.7 Å². The number of methoxy groups -OCH3 is 2. The summed E-state index contributed by atoms with van der Waals surface area (Å²) in [7, 11) is 3.31. The molecule has 5 nitrogen and oxygen atoms in total. The molecule has 2 aromatic carbocycles. The zero-order valence-corrected chi connectivity index (χ0v) is 14.7. The predicted molar refractivity (Wildman–Crippen MR) is 99.1 cm³/mol. The van der Waals surface area contributed by atoms with Gasteiger partial charge in [0.2, 0.25) is 0 Å². The fraction of sp³-hybridized carbons (Fsp3) is 0.316. The zero-order chi connectivity index (χ0) is 17.6. The minimum Gasteiger partial charge on any atom is -0.497 e. The minimum absolute atomic E-state index is 0.152. The summed E-state index contributed by atoms with van der Waals surface area (Å²) < 4.78 is 10.4. The minimum atomic E-state index is -0.152. The van der Waals surface area contributed by atoms with Crippen LogP contribution in [0.3, 0.4) is 0 Å². The molecule has 0 unspecified atom stereocenters. The molecule has 2 aromatic rings. The zero-order valence-electron chi connectivity index (χ0n) is 14.7. The van der Waals surface area contributed by atoms with Crippen LogP contribution in [0.2, 0.25) is 0 Å². The number of rotatable bonds is 6. The van der Waals surface area contributed by atoms with Gasteiger partial charge in [-0.25, -0.2) is 0 Å². The van der Waals surface area contributed by atoms with Crippen LogP contribution in [0.15, 0.2) is 53.5 Å². The molecule has 0 bridgehead atoms. The Balaban J connectivity index is 2.03. The first-order valence-corrected chi connectivity index (χ1v) is 7.80. The van der Waals surface area contributed by atoms with Gasteiger partial charge >= 0.3 is 0 Å². The molecule has 24 heavy (non-hydrogen) atoms. The first kappa shape index (κ1) is 17.7. The second-order valence-corrected chi connectivity index (χ2v) is 6.17. The Kier molecular flexibility index (Phi) is 5.68. The van der Waals surface area contributed by atoms with Gasteiger partial charge in [-0.2, -0.15) is 0 Å². The standard InChI is InChI=1S/C19H25N3O2/c1-19(2,14-6-5-7-17(12-14)24-4)13-21-18(20)22-15-8-10-16(23-3)11-9-15/h5-12H,13H2,1-4H3,(H3,20,21,22). The number of nitrogens with one attached hydrogen (secondary N) is 1. The van der Waals surface area contributed by atoms with E-state index in [4.69, 9.17) is 15.2 Å². The summed E-state index contributed by atoms with van der Waals surface area (Å²) >= 11 is 0. The maximum Gasteiger partial charge on any atom is 0.193 e. The van der Waals surface area contributed by atoms with Gasteiger partial charge in [-0.1, -0.05) is 26.0 Å². The molecule has 0 aromatic heterocycles. The lowest BCUT2D eigenvalue weighted by atomic mass is 9.85. The number of nitrogens with zero attached hydrogens (tertiary/aromatic N) is 1. The summed E-state index contributed by atoms with van der Waals surface area (Å²) in [4.78, 5) is 4.48. The molecule has 0 aliphatic carbocycles. The van der Waals surface area contributed by atoms with Crippen LogP contribution in [0.5, 0.6) is 11.5 Å². The van der Waals surface area contributed by atoms with Crippen molar-refractivity contribution in [2.75, 3.05) is 26.1 Å². The largest absolute Gasteiger partial charge is 0.497 e. The van der Waals surface area contributed by atoms with Crippen molar-refractivity contribution in [3.05, 3.63) is 54.1 Å². The number of aliphatic imine (C=N–C) groups is 1. The molecule has 0 radical (unpaired) electrons. The van der Waals surface area contributed by atoms with E-state index in [1.807, 2.05) is 42.5 Å². The van der Waals surface area contributed by atoms with Crippen molar-refractivity contribution in [2.45, 2.75) is 19.3 Å². The van der Waals surface area contributed by atoms with Crippen molar-refractivity contribution in [3.8, 4) is 11.5 Å². The summed E-state index contributed by atoms with van der Waals surface area (Å²) in [6.07, 6.45) is 0. The van der Waals surface area contributed by atoms with Gasteiger partial charge in [0.25, 0.3) is 0 Å². The van der Waals surface area contributed by atoms with Gasteiger partial charge in [-0.15, -0.1) is 0 Å². The van der Waals surface area contributed by atoms with Gasteiger partial charge in [0.05, 0.1) is 20.8 Å². The molecular weight excluding hydrogens is 302 g/mol. The molecule has 0 fully saturated rings. The molecule has 2 rings (SSSR count). The average molecular weight is 327 g/mol. The van der Waals surface area contributed by atoms with Crippen molar-refractivity contribution in [3.63, 3.8) is 0 Å². The van der Waals surface area contributed by atoms with Crippen LogP contribution in [0.25, 0.3) is 0 Å². The lowest BCUT2D eigenvalue weighted by Gasteiger charge is -2.23. The van der Waals surface area contributed by atoms with E-state index in [2.05, 4.69) is 30.2 Å². The lowest BCUT2D eigenvalue weighted by molar-refractivity contribution is 0.412. The third-order valence-corrected chi connectivity index (χ3v) is 3.86. The number of anilines is 1. The quantitative estimate of drug-likeness (QED) is 0.630. The van der Waals surface area contributed by atoms with Crippen molar-refractivity contribution in [1.29, 1.82) is 0 Å². The van der Waals surface area contributed by atoms with Gasteiger partial charge < -0.3 is 20.5 Å². The van der Waals surface area contributed by atoms with E-state index in [-0.39, 0.29) is 5.41 Å². The number of benzene rings is 2. The number of ether oxygens (including phenoxy) is 2. The molecular formula is C19H25N3O2. The molecule has 5 heteroatoms. The molecule has 0 saturated carbocycles. The van der Waals surface area contributed by atoms with E-state index in [0.29, 0.717) is 12.5 Å². The highest BCUT2D eigenvalue weighted by molar-refractivity contribution is 5.92. The van der Waals surface area contributed by atoms with Crippen LogP contribution in [0.1, 0.15) is 19.4 Å². The smallest absolute Gasteiger partial charge is 0.193 e. The van der Waals surface area contributed by atoms with Crippen LogP contribution >= 0.6 is 0 Å². The Hall–Kier alpha value is -2.69. The molecule has 0 spiro atoms. The van der Waals surface area contributed by atoms with Crippen LogP contribution in [0.4, 0.5) is 5.69 Å². The third kappa shape index (κ3) is 4.65. The van der Waals surface area contributed by atoms with E-state index in [9.17, 15) is 0 Å². The van der Waals surface area contributed by atoms with E-state index in [0.717, 1.165) is 22.7 Å². The average Bonchev–Trinajstić information content (AvgIpc) is 2.61. The van der Waals surface area contributed by atoms with E-state index < -0.39 is 0 Å². The van der Waals surface area contributed by atoms with E-state index in [1.54, 1.807) is 14.2 Å². The van der Waals surface area contributed by atoms with Crippen molar-refractivity contribution >= 4 is 11.6 Å². The number of hydrogen-bond donors (Lipinski definition) is 2. The number of guanidine groups is 1. The highest BCUT2D eigenvalue weighted by Crippen LogP contribution is 2.26. The van der Waals surface area contributed by atoms with Crippen molar-refractivity contribution in [2.24, 2.45) is 10.7 Å². The van der Waals surface area contributed by atoms with Gasteiger partial charge in [0.15, 0.2) is 5.96 Å². The topological polar surface area (TPSA) is 68.9 Å². The van der Waals surface area contributed by atoms with Crippen LogP contribution < -0.4 is 20.5 Å². The van der Waals surface area contributed by atoms with Crippen molar-refractivity contribution in [1.82, 2.24) is 0 Å².